The maximum absolute atomic E-state index is 12.1. The smallest absolute Gasteiger partial charge is 0.343 e. The summed E-state index contributed by atoms with van der Waals surface area (Å²) in [5.41, 5.74) is 3.46. The van der Waals surface area contributed by atoms with Gasteiger partial charge in [-0.15, -0.1) is 0 Å². The molecule has 0 spiro atoms. The van der Waals surface area contributed by atoms with E-state index in [0.717, 1.165) is 11.5 Å². The molecule has 0 bridgehead atoms. The topological polar surface area (TPSA) is 20.3 Å². The number of carbonyl (C=O) groups excluding carboxylic acids is 1. The quantitative estimate of drug-likeness (QED) is 0.427. The van der Waals surface area contributed by atoms with Gasteiger partial charge in [0.05, 0.1) is 17.3 Å². The molecule has 0 saturated heterocycles. The predicted octanol–water partition coefficient (Wildman–Crippen LogP) is 5.93. The molecule has 5 rings (SSSR count). The van der Waals surface area contributed by atoms with Crippen LogP contribution in [0.1, 0.15) is 5.56 Å². The summed E-state index contributed by atoms with van der Waals surface area (Å²) >= 11 is 1.77. The number of fused-ring (bicyclic) bond motifs is 2. The normalized spacial score (nSPS) is 17.7. The van der Waals surface area contributed by atoms with Crippen molar-refractivity contribution < 1.29 is 21.9 Å². The van der Waals surface area contributed by atoms with Crippen molar-refractivity contribution in [3.05, 3.63) is 118 Å². The Morgan fingerprint density at radius 1 is 0.833 bits per heavy atom. The van der Waals surface area contributed by atoms with Gasteiger partial charge in [0.15, 0.2) is 5.78 Å². The Morgan fingerprint density at radius 3 is 2.17 bits per heavy atom. The minimum atomic E-state index is 0. The van der Waals surface area contributed by atoms with Gasteiger partial charge in [0, 0.05) is 16.8 Å². The van der Waals surface area contributed by atoms with Crippen molar-refractivity contribution >= 4 is 35.0 Å². The molecule has 3 aliphatic rings. The summed E-state index contributed by atoms with van der Waals surface area (Å²) in [4.78, 5) is 16.8. The van der Waals surface area contributed by atoms with Crippen molar-refractivity contribution in [2.24, 2.45) is 0 Å². The second-order valence-corrected chi connectivity index (χ2v) is 7.77. The number of benzene rings is 2. The van der Waals surface area contributed by atoms with Gasteiger partial charge in [0.25, 0.3) is 0 Å². The Hall–Kier alpha value is -1.48. The van der Waals surface area contributed by atoms with E-state index >= 15 is 0 Å². The Labute approximate surface area is 196 Å². The molecule has 1 heterocycles. The minimum Gasteiger partial charge on any atom is -0.343 e. The predicted molar refractivity (Wildman–Crippen MR) is 121 cm³/mol. The zero-order valence-electron chi connectivity index (χ0n) is 16.5. The second-order valence-electron chi connectivity index (χ2n) is 6.69. The molecule has 2 saturated carbocycles. The van der Waals surface area contributed by atoms with Crippen LogP contribution in [0.5, 0.6) is 0 Å². The van der Waals surface area contributed by atoms with Crippen LogP contribution in [0, 0.1) is 63.7 Å². The summed E-state index contributed by atoms with van der Waals surface area (Å²) in [5.74, 6) is 0.764. The summed E-state index contributed by atoms with van der Waals surface area (Å²) < 4.78 is 0. The molecule has 148 valence electrons. The van der Waals surface area contributed by atoms with Crippen LogP contribution in [-0.4, -0.2) is 12.8 Å². The Kier molecular flexibility index (Phi) is 8.68. The van der Waals surface area contributed by atoms with Crippen LogP contribution < -0.4 is 4.90 Å². The third-order valence-electron chi connectivity index (χ3n) is 4.72. The number of carbonyl (C=O) groups is 1. The van der Waals surface area contributed by atoms with Crippen LogP contribution in [0.4, 0.5) is 11.4 Å². The van der Waals surface area contributed by atoms with E-state index in [2.05, 4.69) is 54.4 Å². The average Bonchev–Trinajstić information content (AvgIpc) is 3.49. The van der Waals surface area contributed by atoms with Gasteiger partial charge in [-0.25, -0.2) is 0 Å². The van der Waals surface area contributed by atoms with Crippen molar-refractivity contribution in [2.75, 3.05) is 11.9 Å². The first-order chi connectivity index (χ1) is 14.2. The molecule has 10 radical (unpaired) electrons. The van der Waals surface area contributed by atoms with Crippen LogP contribution in [0.25, 0.3) is 6.08 Å². The van der Waals surface area contributed by atoms with Crippen molar-refractivity contribution in [1.82, 2.24) is 0 Å². The van der Waals surface area contributed by atoms with E-state index in [1.54, 1.807) is 17.8 Å². The number of hydrogen-bond donors (Lipinski definition) is 0. The van der Waals surface area contributed by atoms with E-state index in [1.807, 2.05) is 63.9 Å². The summed E-state index contributed by atoms with van der Waals surface area (Å²) in [6.45, 7) is 0. The second kappa shape index (κ2) is 11.2. The first-order valence-electron chi connectivity index (χ1n) is 9.48. The van der Waals surface area contributed by atoms with Crippen LogP contribution in [-0.2, 0) is 21.9 Å². The molecule has 2 nitrogen and oxygen atoms in total. The first kappa shape index (κ1) is 23.2. The van der Waals surface area contributed by atoms with E-state index in [-0.39, 0.29) is 22.9 Å². The fourth-order valence-electron chi connectivity index (χ4n) is 3.19. The van der Waals surface area contributed by atoms with Crippen molar-refractivity contribution in [1.29, 1.82) is 0 Å². The van der Waals surface area contributed by atoms with Gasteiger partial charge >= 0.3 is 17.1 Å². The van der Waals surface area contributed by atoms with Crippen LogP contribution in [0.2, 0.25) is 0 Å². The molecule has 2 aromatic rings. The number of hydrogen-bond acceptors (Lipinski definition) is 3. The molecule has 0 amide bonds. The van der Waals surface area contributed by atoms with Gasteiger partial charge in [-0.1, -0.05) is 36.0 Å². The van der Waals surface area contributed by atoms with Gasteiger partial charge in [-0.2, -0.15) is 0 Å². The number of para-hydroxylation sites is 1. The molecule has 30 heavy (non-hydrogen) atoms. The molecule has 2 aromatic carbocycles. The number of nitrogens with zero attached hydrogens (tertiary/aromatic N) is 1. The SMILES string of the molecule is CN1c2ccccc2Sc2cc(/C=C/C(=O)[C]3[CH][CH][CH][CH]3)ccc21.[CH]1[CH][CH][CH][CH]1.[Fe+2]. The molecular weight excluding hydrogens is 430 g/mol. The van der Waals surface area contributed by atoms with E-state index in [4.69, 9.17) is 0 Å². The van der Waals surface area contributed by atoms with Crippen LogP contribution >= 0.6 is 11.8 Å². The molecule has 0 unspecified atom stereocenters. The molecule has 0 aromatic heterocycles. The largest absolute Gasteiger partial charge is 2.00 e. The van der Waals surface area contributed by atoms with Crippen molar-refractivity contribution in [2.45, 2.75) is 9.79 Å². The summed E-state index contributed by atoms with van der Waals surface area (Å²) in [7, 11) is 2.09. The molecule has 0 atom stereocenters. The summed E-state index contributed by atoms with van der Waals surface area (Å²) in [5, 5.41) is 0. The molecule has 4 heteroatoms. The molecule has 2 fully saturated rings. The van der Waals surface area contributed by atoms with Crippen molar-refractivity contribution in [3.8, 4) is 0 Å². The standard InChI is InChI=1S/C21H16NOS.C5H5.Fe/c1-22-17-8-4-5-9-20(17)24-21-14-15(10-12-18(21)22)11-13-19(23)16-6-2-3-7-16;1-2-4-5-3-1;/h2-14H,1H3;1-5H;/q;;+2/b13-11+;;. The molecular formula is C26H21FeNOS+2. The van der Waals surface area contributed by atoms with Crippen molar-refractivity contribution in [3.63, 3.8) is 0 Å². The summed E-state index contributed by atoms with van der Waals surface area (Å²) in [6, 6.07) is 14.7. The maximum atomic E-state index is 12.1. The average molecular weight is 451 g/mol. The third-order valence-corrected chi connectivity index (χ3v) is 5.83. The zero-order chi connectivity index (χ0) is 20.1. The number of allylic oxidation sites excluding steroid dienone is 1. The van der Waals surface area contributed by atoms with Gasteiger partial charge in [-0.3, -0.25) is 4.79 Å². The Balaban J connectivity index is 0.000000376. The van der Waals surface area contributed by atoms with E-state index in [0.29, 0.717) is 0 Å². The molecule has 2 aliphatic carbocycles. The van der Waals surface area contributed by atoms with Gasteiger partial charge in [0.1, 0.15) is 0 Å². The van der Waals surface area contributed by atoms with E-state index in [1.165, 1.54) is 21.2 Å². The van der Waals surface area contributed by atoms with Crippen LogP contribution in [0.15, 0.2) is 58.3 Å². The monoisotopic (exact) mass is 451 g/mol. The third kappa shape index (κ3) is 5.60. The first-order valence-corrected chi connectivity index (χ1v) is 10.3. The fraction of sp³-hybridized carbons (Fsp3) is 0.0385. The Bertz CT molecular complexity index is 877. The maximum Gasteiger partial charge on any atom is 2.00 e. The van der Waals surface area contributed by atoms with E-state index < -0.39 is 0 Å². The number of ketones is 1. The number of rotatable bonds is 3. The Morgan fingerprint density at radius 2 is 1.47 bits per heavy atom. The van der Waals surface area contributed by atoms with E-state index in [9.17, 15) is 4.79 Å². The van der Waals surface area contributed by atoms with Crippen LogP contribution in [0.3, 0.4) is 0 Å². The molecule has 0 N–H and O–H groups in total. The van der Waals surface area contributed by atoms with Gasteiger partial charge < -0.3 is 4.90 Å². The zero-order valence-corrected chi connectivity index (χ0v) is 18.4. The van der Waals surface area contributed by atoms with Gasteiger partial charge in [-0.05, 0) is 93.7 Å². The molecule has 1 aliphatic heterocycles. The summed E-state index contributed by atoms with van der Waals surface area (Å²) in [6.07, 6.45) is 21.0. The number of anilines is 2. The minimum absolute atomic E-state index is 0. The van der Waals surface area contributed by atoms with Gasteiger partial charge in [0.2, 0.25) is 0 Å². The fourth-order valence-corrected chi connectivity index (χ4v) is 4.39.